The lowest BCUT2D eigenvalue weighted by Crippen LogP contribution is -2.11. The van der Waals surface area contributed by atoms with Gasteiger partial charge in [-0.3, -0.25) is 4.72 Å². The van der Waals surface area contributed by atoms with Crippen LogP contribution in [0.1, 0.15) is 5.56 Å². The highest BCUT2D eigenvalue weighted by Gasteiger charge is 2.16. The summed E-state index contributed by atoms with van der Waals surface area (Å²) in [6.45, 7) is 0. The first-order chi connectivity index (χ1) is 12.4. The molecule has 5 nitrogen and oxygen atoms in total. The Balaban J connectivity index is 1.93. The molecule has 0 saturated heterocycles. The minimum atomic E-state index is -3.79. The van der Waals surface area contributed by atoms with E-state index in [1.54, 1.807) is 36.4 Å². The lowest BCUT2D eigenvalue weighted by molar-refractivity contribution is 0.609. The normalized spacial score (nSPS) is 11.6. The zero-order valence-corrected chi connectivity index (χ0v) is 15.6. The van der Waals surface area contributed by atoms with Gasteiger partial charge in [-0.25, -0.2) is 18.4 Å². The van der Waals surface area contributed by atoms with Crippen molar-refractivity contribution in [1.82, 2.24) is 9.97 Å². The van der Waals surface area contributed by atoms with Crippen LogP contribution in [0.2, 0.25) is 10.2 Å². The maximum atomic E-state index is 12.4. The highest BCUT2D eigenvalue weighted by Crippen LogP contribution is 2.33. The summed E-state index contributed by atoms with van der Waals surface area (Å²) in [4.78, 5) is 7.96. The summed E-state index contributed by atoms with van der Waals surface area (Å²) < 4.78 is 27.2. The summed E-state index contributed by atoms with van der Waals surface area (Å²) >= 11 is 12.1. The van der Waals surface area contributed by atoms with E-state index in [1.165, 1.54) is 12.4 Å². The van der Waals surface area contributed by atoms with Crippen molar-refractivity contribution in [3.05, 3.63) is 82.1 Å². The number of rotatable bonds is 5. The molecule has 1 heterocycles. The van der Waals surface area contributed by atoms with Crippen LogP contribution in [-0.2, 0) is 10.0 Å². The molecule has 2 aromatic carbocycles. The Labute approximate surface area is 161 Å². The number of anilines is 1. The van der Waals surface area contributed by atoms with Crippen LogP contribution in [0.15, 0.2) is 66.3 Å². The molecule has 26 heavy (non-hydrogen) atoms. The summed E-state index contributed by atoms with van der Waals surface area (Å²) in [5.41, 5.74) is 1.78. The molecule has 0 aliphatic rings. The monoisotopic (exact) mass is 405 g/mol. The van der Waals surface area contributed by atoms with Gasteiger partial charge in [0.05, 0.1) is 11.0 Å². The van der Waals surface area contributed by atoms with Gasteiger partial charge < -0.3 is 0 Å². The van der Waals surface area contributed by atoms with Crippen molar-refractivity contribution in [3.63, 3.8) is 0 Å². The van der Waals surface area contributed by atoms with Crippen LogP contribution in [0, 0.1) is 0 Å². The standard InChI is InChI=1S/C18H13Cl2N3O2S/c19-15-8-6-14(7-9-15)16-17(20)21-12-22-18(16)23-26(24,25)11-10-13-4-2-1-3-5-13/h1-12H,(H,21,22,23). The lowest BCUT2D eigenvalue weighted by Gasteiger charge is -2.11. The summed E-state index contributed by atoms with van der Waals surface area (Å²) in [5, 5.41) is 1.76. The van der Waals surface area contributed by atoms with Crippen molar-refractivity contribution < 1.29 is 8.42 Å². The number of nitrogens with one attached hydrogen (secondary N) is 1. The van der Waals surface area contributed by atoms with E-state index in [9.17, 15) is 8.42 Å². The summed E-state index contributed by atoms with van der Waals surface area (Å²) in [6.07, 6.45) is 2.69. The van der Waals surface area contributed by atoms with Gasteiger partial charge in [0.2, 0.25) is 0 Å². The first kappa shape index (κ1) is 18.4. The molecule has 1 aromatic heterocycles. The fraction of sp³-hybridized carbons (Fsp3) is 0. The number of sulfonamides is 1. The fourth-order valence-electron chi connectivity index (χ4n) is 2.21. The molecule has 0 aliphatic heterocycles. The second-order valence-corrected chi connectivity index (χ2v) is 7.62. The quantitative estimate of drug-likeness (QED) is 0.614. The van der Waals surface area contributed by atoms with Crippen molar-refractivity contribution in [2.24, 2.45) is 0 Å². The average molecular weight is 406 g/mol. The van der Waals surface area contributed by atoms with E-state index in [1.807, 2.05) is 18.2 Å². The van der Waals surface area contributed by atoms with E-state index >= 15 is 0 Å². The van der Waals surface area contributed by atoms with Crippen LogP contribution < -0.4 is 4.72 Å². The Hall–Kier alpha value is -2.41. The smallest absolute Gasteiger partial charge is 0.256 e. The molecule has 3 rings (SSSR count). The van der Waals surface area contributed by atoms with Crippen LogP contribution in [0.25, 0.3) is 17.2 Å². The van der Waals surface area contributed by atoms with E-state index in [0.717, 1.165) is 11.0 Å². The van der Waals surface area contributed by atoms with Crippen molar-refractivity contribution in [2.45, 2.75) is 0 Å². The number of benzene rings is 2. The van der Waals surface area contributed by atoms with Crippen molar-refractivity contribution in [2.75, 3.05) is 4.72 Å². The highest BCUT2D eigenvalue weighted by molar-refractivity contribution is 7.95. The molecule has 0 fully saturated rings. The molecular weight excluding hydrogens is 393 g/mol. The zero-order chi connectivity index (χ0) is 18.6. The Kier molecular flexibility index (Phi) is 5.56. The maximum Gasteiger partial charge on any atom is 0.256 e. The summed E-state index contributed by atoms with van der Waals surface area (Å²) in [6, 6.07) is 15.9. The zero-order valence-electron chi connectivity index (χ0n) is 13.3. The Morgan fingerprint density at radius 3 is 2.31 bits per heavy atom. The molecule has 3 aromatic rings. The van der Waals surface area contributed by atoms with Gasteiger partial charge in [-0.05, 0) is 29.3 Å². The largest absolute Gasteiger partial charge is 0.263 e. The molecule has 0 aliphatic carbocycles. The molecule has 0 amide bonds. The predicted octanol–water partition coefficient (Wildman–Crippen LogP) is 4.86. The third-order valence-electron chi connectivity index (χ3n) is 3.41. The van der Waals surface area contributed by atoms with Gasteiger partial charge in [0.15, 0.2) is 5.82 Å². The van der Waals surface area contributed by atoms with E-state index < -0.39 is 10.0 Å². The number of hydrogen-bond donors (Lipinski definition) is 1. The number of hydrogen-bond acceptors (Lipinski definition) is 4. The molecule has 132 valence electrons. The maximum absolute atomic E-state index is 12.4. The van der Waals surface area contributed by atoms with Gasteiger partial charge in [0.1, 0.15) is 11.5 Å². The van der Waals surface area contributed by atoms with Crippen molar-refractivity contribution in [3.8, 4) is 11.1 Å². The third kappa shape index (κ3) is 4.60. The molecule has 0 bridgehead atoms. The van der Waals surface area contributed by atoms with Crippen LogP contribution in [-0.4, -0.2) is 18.4 Å². The summed E-state index contributed by atoms with van der Waals surface area (Å²) in [7, 11) is -3.79. The van der Waals surface area contributed by atoms with Gasteiger partial charge in [-0.2, -0.15) is 0 Å². The van der Waals surface area contributed by atoms with E-state index in [2.05, 4.69) is 14.7 Å². The van der Waals surface area contributed by atoms with Crippen LogP contribution in [0.5, 0.6) is 0 Å². The van der Waals surface area contributed by atoms with Gasteiger partial charge >= 0.3 is 0 Å². The molecule has 0 atom stereocenters. The number of nitrogens with zero attached hydrogens (tertiary/aromatic N) is 2. The molecule has 8 heteroatoms. The SMILES string of the molecule is O=S(=O)(C=Cc1ccccc1)Nc1ncnc(Cl)c1-c1ccc(Cl)cc1. The van der Waals surface area contributed by atoms with Gasteiger partial charge in [-0.15, -0.1) is 0 Å². The highest BCUT2D eigenvalue weighted by atomic mass is 35.5. The molecule has 0 saturated carbocycles. The minimum absolute atomic E-state index is 0.0880. The topological polar surface area (TPSA) is 72.0 Å². The van der Waals surface area contributed by atoms with Crippen LogP contribution >= 0.6 is 23.2 Å². The molecule has 0 radical (unpaired) electrons. The first-order valence-corrected chi connectivity index (χ1v) is 9.77. The molecule has 0 unspecified atom stereocenters. The van der Waals surface area contributed by atoms with E-state index in [0.29, 0.717) is 16.1 Å². The molecule has 0 spiro atoms. The van der Waals surface area contributed by atoms with Gasteiger partial charge in [0, 0.05) is 5.02 Å². The van der Waals surface area contributed by atoms with Gasteiger partial charge in [-0.1, -0.05) is 65.7 Å². The Morgan fingerprint density at radius 1 is 0.923 bits per heavy atom. The van der Waals surface area contributed by atoms with Crippen molar-refractivity contribution in [1.29, 1.82) is 0 Å². The summed E-state index contributed by atoms with van der Waals surface area (Å²) in [5.74, 6) is 0.0880. The lowest BCUT2D eigenvalue weighted by atomic mass is 10.1. The first-order valence-electron chi connectivity index (χ1n) is 7.47. The third-order valence-corrected chi connectivity index (χ3v) is 4.92. The second kappa shape index (κ2) is 7.86. The van der Waals surface area contributed by atoms with Crippen LogP contribution in [0.4, 0.5) is 5.82 Å². The number of aromatic nitrogens is 2. The van der Waals surface area contributed by atoms with Gasteiger partial charge in [0.25, 0.3) is 10.0 Å². The molecular formula is C18H13Cl2N3O2S. The Morgan fingerprint density at radius 2 is 1.62 bits per heavy atom. The average Bonchev–Trinajstić information content (AvgIpc) is 2.62. The minimum Gasteiger partial charge on any atom is -0.263 e. The Bertz CT molecular complexity index is 1040. The van der Waals surface area contributed by atoms with Crippen LogP contribution in [0.3, 0.4) is 0 Å². The second-order valence-electron chi connectivity index (χ2n) is 5.26. The van der Waals surface area contributed by atoms with E-state index in [4.69, 9.17) is 23.2 Å². The van der Waals surface area contributed by atoms with E-state index in [-0.39, 0.29) is 11.0 Å². The fourth-order valence-corrected chi connectivity index (χ4v) is 3.41. The van der Waals surface area contributed by atoms with Crippen molar-refractivity contribution >= 4 is 45.1 Å². The number of halogens is 2. The molecule has 1 N–H and O–H groups in total. The predicted molar refractivity (Wildman–Crippen MR) is 106 cm³/mol.